The first-order chi connectivity index (χ1) is 8.04. The molecule has 0 N–H and O–H groups in total. The van der Waals surface area contributed by atoms with E-state index in [1.165, 1.54) is 10.5 Å². The first-order valence-electron chi connectivity index (χ1n) is 5.56. The number of nitrogens with zero attached hydrogens (tertiary/aromatic N) is 3. The van der Waals surface area contributed by atoms with Gasteiger partial charge in [-0.05, 0) is 24.0 Å². The Morgan fingerprint density at radius 3 is 1.94 bits per heavy atom. The van der Waals surface area contributed by atoms with E-state index in [1.54, 1.807) is 11.8 Å². The summed E-state index contributed by atoms with van der Waals surface area (Å²) < 4.78 is 0. The van der Waals surface area contributed by atoms with Crippen molar-refractivity contribution in [2.24, 2.45) is 4.99 Å². The van der Waals surface area contributed by atoms with Crippen molar-refractivity contribution in [3.63, 3.8) is 0 Å². The summed E-state index contributed by atoms with van der Waals surface area (Å²) in [7, 11) is 8.04. The number of hydrogen-bond acceptors (Lipinski definition) is 2. The Morgan fingerprint density at radius 2 is 1.56 bits per heavy atom. The number of benzene rings is 1. The molecule has 1 rings (SSSR count). The molecule has 5 heteroatoms. The van der Waals surface area contributed by atoms with Crippen molar-refractivity contribution >= 4 is 41.7 Å². The van der Waals surface area contributed by atoms with Gasteiger partial charge >= 0.3 is 0 Å². The predicted molar refractivity (Wildman–Crippen MR) is 92.2 cm³/mol. The van der Waals surface area contributed by atoms with E-state index in [2.05, 4.69) is 35.5 Å². The second-order valence-electron chi connectivity index (χ2n) is 4.25. The van der Waals surface area contributed by atoms with Crippen molar-refractivity contribution < 1.29 is 0 Å². The Hall–Kier alpha value is -0.430. The maximum atomic E-state index is 4.61. The first kappa shape index (κ1) is 17.6. The van der Waals surface area contributed by atoms with Crippen LogP contribution in [0.4, 0.5) is 0 Å². The molecule has 0 saturated carbocycles. The van der Waals surface area contributed by atoms with Gasteiger partial charge in [-0.1, -0.05) is 12.1 Å². The van der Waals surface area contributed by atoms with Crippen molar-refractivity contribution in [3.8, 4) is 0 Å². The minimum Gasteiger partial charge on any atom is -0.349 e. The Kier molecular flexibility index (Phi) is 8.43. The van der Waals surface area contributed by atoms with Crippen LogP contribution in [-0.4, -0.2) is 50.2 Å². The summed E-state index contributed by atoms with van der Waals surface area (Å²) in [6, 6.07) is 8.55. The average molecular weight is 379 g/mol. The van der Waals surface area contributed by atoms with E-state index < -0.39 is 0 Å². The monoisotopic (exact) mass is 379 g/mol. The molecule has 0 radical (unpaired) electrons. The molecular weight excluding hydrogens is 357 g/mol. The van der Waals surface area contributed by atoms with Gasteiger partial charge in [-0.15, -0.1) is 35.7 Å². The number of hydrogen-bond donors (Lipinski definition) is 0. The van der Waals surface area contributed by atoms with Gasteiger partial charge in [0.05, 0.1) is 6.54 Å². The van der Waals surface area contributed by atoms with E-state index in [-0.39, 0.29) is 24.0 Å². The highest BCUT2D eigenvalue weighted by Gasteiger charge is 2.03. The first-order valence-corrected chi connectivity index (χ1v) is 6.79. The van der Waals surface area contributed by atoms with Crippen molar-refractivity contribution in [2.75, 3.05) is 34.4 Å². The molecule has 0 fully saturated rings. The Morgan fingerprint density at radius 1 is 1.06 bits per heavy atom. The summed E-state index contributed by atoms with van der Waals surface area (Å²) >= 11 is 1.76. The van der Waals surface area contributed by atoms with Gasteiger partial charge in [0.1, 0.15) is 0 Å². The third-order valence-corrected chi connectivity index (χ3v) is 3.11. The Labute approximate surface area is 132 Å². The molecule has 1 aromatic rings. The lowest BCUT2D eigenvalue weighted by Gasteiger charge is -2.22. The zero-order chi connectivity index (χ0) is 12.8. The average Bonchev–Trinajstić information content (AvgIpc) is 2.29. The fourth-order valence-electron chi connectivity index (χ4n) is 1.58. The number of rotatable bonds is 3. The zero-order valence-corrected chi connectivity index (χ0v) is 14.8. The largest absolute Gasteiger partial charge is 0.349 e. The van der Waals surface area contributed by atoms with Crippen LogP contribution < -0.4 is 0 Å². The Bertz CT molecular complexity index is 364. The van der Waals surface area contributed by atoms with Gasteiger partial charge in [-0.25, -0.2) is 4.99 Å². The lowest BCUT2D eigenvalue weighted by Crippen LogP contribution is -2.35. The quantitative estimate of drug-likeness (QED) is 0.348. The molecule has 0 heterocycles. The second kappa shape index (κ2) is 8.63. The van der Waals surface area contributed by atoms with Crippen LogP contribution in [0.2, 0.25) is 0 Å². The molecule has 0 atom stereocenters. The second-order valence-corrected chi connectivity index (χ2v) is 5.13. The van der Waals surface area contributed by atoms with E-state index in [1.807, 2.05) is 38.0 Å². The van der Waals surface area contributed by atoms with Crippen LogP contribution >= 0.6 is 35.7 Å². The lowest BCUT2D eigenvalue weighted by atomic mass is 10.2. The number of thioether (sulfide) groups is 1. The fraction of sp³-hybridized carbons (Fsp3) is 0.462. The zero-order valence-electron chi connectivity index (χ0n) is 11.7. The minimum absolute atomic E-state index is 0. The Balaban J connectivity index is 0.00000289. The van der Waals surface area contributed by atoms with Gasteiger partial charge in [-0.2, -0.15) is 0 Å². The van der Waals surface area contributed by atoms with Gasteiger partial charge in [0.2, 0.25) is 0 Å². The lowest BCUT2D eigenvalue weighted by molar-refractivity contribution is 0.479. The third-order valence-electron chi connectivity index (χ3n) is 2.36. The third kappa shape index (κ3) is 5.48. The molecule has 0 aromatic heterocycles. The standard InChI is InChI=1S/C13H21N3S.HI/c1-15(2)13(16(3)4)14-10-11-6-8-12(17-5)9-7-11;/h6-9H,10H2,1-5H3;1H. The molecular formula is C13H22IN3S. The van der Waals surface area contributed by atoms with E-state index >= 15 is 0 Å². The van der Waals surface area contributed by atoms with E-state index in [9.17, 15) is 0 Å². The maximum Gasteiger partial charge on any atom is 0.195 e. The van der Waals surface area contributed by atoms with Crippen molar-refractivity contribution in [3.05, 3.63) is 29.8 Å². The van der Waals surface area contributed by atoms with Crippen LogP contribution in [0.1, 0.15) is 5.56 Å². The molecule has 18 heavy (non-hydrogen) atoms. The van der Waals surface area contributed by atoms with Crippen LogP contribution in [0.5, 0.6) is 0 Å². The maximum absolute atomic E-state index is 4.61. The molecule has 102 valence electrons. The van der Waals surface area contributed by atoms with Crippen LogP contribution in [-0.2, 0) is 6.54 Å². The molecule has 0 unspecified atom stereocenters. The number of halogens is 1. The highest BCUT2D eigenvalue weighted by Crippen LogP contribution is 2.15. The van der Waals surface area contributed by atoms with E-state index in [4.69, 9.17) is 0 Å². The van der Waals surface area contributed by atoms with Crippen molar-refractivity contribution in [1.29, 1.82) is 0 Å². The van der Waals surface area contributed by atoms with Gasteiger partial charge in [-0.3, -0.25) is 0 Å². The summed E-state index contributed by atoms with van der Waals surface area (Å²) in [5, 5.41) is 0. The molecule has 0 amide bonds. The van der Waals surface area contributed by atoms with Gasteiger partial charge in [0, 0.05) is 33.1 Å². The predicted octanol–water partition coefficient (Wildman–Crippen LogP) is 3.01. The van der Waals surface area contributed by atoms with Crippen LogP contribution in [0.15, 0.2) is 34.2 Å². The highest BCUT2D eigenvalue weighted by molar-refractivity contribution is 14.0. The molecule has 0 spiro atoms. The fourth-order valence-corrected chi connectivity index (χ4v) is 1.98. The van der Waals surface area contributed by atoms with Crippen molar-refractivity contribution in [1.82, 2.24) is 9.80 Å². The van der Waals surface area contributed by atoms with Crippen molar-refractivity contribution in [2.45, 2.75) is 11.4 Å². The highest BCUT2D eigenvalue weighted by atomic mass is 127. The van der Waals surface area contributed by atoms with Crippen LogP contribution in [0, 0.1) is 0 Å². The molecule has 0 aliphatic heterocycles. The normalized spacial score (nSPS) is 9.39. The van der Waals surface area contributed by atoms with Crippen LogP contribution in [0.3, 0.4) is 0 Å². The molecule has 1 aromatic carbocycles. The van der Waals surface area contributed by atoms with E-state index in [0.717, 1.165) is 12.5 Å². The summed E-state index contributed by atoms with van der Waals surface area (Å²) in [5.41, 5.74) is 1.24. The van der Waals surface area contributed by atoms with Gasteiger partial charge in [0.25, 0.3) is 0 Å². The van der Waals surface area contributed by atoms with E-state index in [0.29, 0.717) is 0 Å². The number of guanidine groups is 1. The van der Waals surface area contributed by atoms with Gasteiger partial charge < -0.3 is 9.80 Å². The minimum atomic E-state index is 0. The molecule has 3 nitrogen and oxygen atoms in total. The summed E-state index contributed by atoms with van der Waals surface area (Å²) in [6.45, 7) is 0.723. The van der Waals surface area contributed by atoms with Gasteiger partial charge in [0.15, 0.2) is 5.96 Å². The smallest absolute Gasteiger partial charge is 0.195 e. The topological polar surface area (TPSA) is 18.8 Å². The summed E-state index contributed by atoms with van der Waals surface area (Å²) in [5.74, 6) is 0.985. The molecule has 0 aliphatic rings. The summed E-state index contributed by atoms with van der Waals surface area (Å²) in [4.78, 5) is 9.95. The molecule has 0 bridgehead atoms. The SMILES string of the molecule is CSc1ccc(CN=C(N(C)C)N(C)C)cc1.I. The number of aliphatic imine (C=N–C) groups is 1. The molecule has 0 aliphatic carbocycles. The summed E-state index contributed by atoms with van der Waals surface area (Å²) in [6.07, 6.45) is 2.09. The van der Waals surface area contributed by atoms with Crippen LogP contribution in [0.25, 0.3) is 0 Å². The molecule has 0 saturated heterocycles.